The van der Waals surface area contributed by atoms with Gasteiger partial charge in [0.15, 0.2) is 0 Å². The zero-order valence-electron chi connectivity index (χ0n) is 10.8. The van der Waals surface area contributed by atoms with Crippen molar-refractivity contribution in [3.8, 4) is 0 Å². The van der Waals surface area contributed by atoms with Crippen LogP contribution in [0.5, 0.6) is 0 Å². The van der Waals surface area contributed by atoms with E-state index in [4.69, 9.17) is 0 Å². The van der Waals surface area contributed by atoms with Gasteiger partial charge in [0.1, 0.15) is 5.69 Å². The Kier molecular flexibility index (Phi) is 3.07. The summed E-state index contributed by atoms with van der Waals surface area (Å²) >= 11 is 0. The van der Waals surface area contributed by atoms with Crippen LogP contribution in [0.15, 0.2) is 55.1 Å². The molecule has 7 nitrogen and oxygen atoms in total. The summed E-state index contributed by atoms with van der Waals surface area (Å²) in [5, 5.41) is 13.5. The van der Waals surface area contributed by atoms with E-state index in [-0.39, 0.29) is 11.4 Å². The Hall–Kier alpha value is -3.22. The van der Waals surface area contributed by atoms with Gasteiger partial charge in [-0.25, -0.2) is 4.98 Å². The Morgan fingerprint density at radius 2 is 2.10 bits per heavy atom. The molecule has 2 aromatic heterocycles. The first-order valence-corrected chi connectivity index (χ1v) is 6.11. The first-order valence-electron chi connectivity index (χ1n) is 6.11. The van der Waals surface area contributed by atoms with E-state index >= 15 is 0 Å². The van der Waals surface area contributed by atoms with Crippen molar-refractivity contribution < 1.29 is 9.72 Å². The lowest BCUT2D eigenvalue weighted by Crippen LogP contribution is -2.13. The highest BCUT2D eigenvalue weighted by Gasteiger charge is 2.15. The van der Waals surface area contributed by atoms with Crippen LogP contribution in [-0.4, -0.2) is 20.2 Å². The smallest absolute Gasteiger partial charge is 0.292 e. The van der Waals surface area contributed by atoms with Crippen molar-refractivity contribution in [3.63, 3.8) is 0 Å². The van der Waals surface area contributed by atoms with Gasteiger partial charge in [-0.2, -0.15) is 0 Å². The number of pyridine rings is 1. The van der Waals surface area contributed by atoms with Gasteiger partial charge in [0, 0.05) is 17.8 Å². The van der Waals surface area contributed by atoms with Gasteiger partial charge in [0.25, 0.3) is 11.6 Å². The molecule has 0 saturated carbocycles. The van der Waals surface area contributed by atoms with Gasteiger partial charge in [-0.3, -0.25) is 14.9 Å². The monoisotopic (exact) mass is 282 g/mol. The first kappa shape index (κ1) is 12.8. The predicted octanol–water partition coefficient (Wildman–Crippen LogP) is 2.49. The molecule has 0 aliphatic rings. The van der Waals surface area contributed by atoms with Gasteiger partial charge in [-0.15, -0.1) is 0 Å². The number of para-hydroxylation sites is 2. The molecule has 0 radical (unpaired) electrons. The lowest BCUT2D eigenvalue weighted by molar-refractivity contribution is -0.383. The molecule has 0 aliphatic carbocycles. The van der Waals surface area contributed by atoms with Gasteiger partial charge in [0.05, 0.1) is 23.0 Å². The highest BCUT2D eigenvalue weighted by molar-refractivity contribution is 6.05. The highest BCUT2D eigenvalue weighted by Crippen LogP contribution is 2.23. The molecule has 3 rings (SSSR count). The van der Waals surface area contributed by atoms with Crippen LogP contribution in [0.2, 0.25) is 0 Å². The van der Waals surface area contributed by atoms with Crippen molar-refractivity contribution in [3.05, 3.63) is 70.8 Å². The molecule has 1 aromatic carbocycles. The van der Waals surface area contributed by atoms with Crippen LogP contribution in [0.4, 0.5) is 11.4 Å². The fourth-order valence-electron chi connectivity index (χ4n) is 1.99. The minimum Gasteiger partial charge on any atom is -0.316 e. The Morgan fingerprint density at radius 1 is 1.29 bits per heavy atom. The average Bonchev–Trinajstić information content (AvgIpc) is 2.94. The zero-order chi connectivity index (χ0) is 14.8. The summed E-state index contributed by atoms with van der Waals surface area (Å²) in [4.78, 5) is 26.5. The van der Waals surface area contributed by atoms with Crippen LogP contribution in [0.25, 0.3) is 5.52 Å². The summed E-state index contributed by atoms with van der Waals surface area (Å²) in [5.41, 5.74) is 1.20. The number of anilines is 1. The average molecular weight is 282 g/mol. The van der Waals surface area contributed by atoms with Gasteiger partial charge >= 0.3 is 0 Å². The summed E-state index contributed by atoms with van der Waals surface area (Å²) in [7, 11) is 0. The normalized spacial score (nSPS) is 10.5. The molecule has 7 heteroatoms. The second kappa shape index (κ2) is 5.04. The minimum atomic E-state index is -0.532. The van der Waals surface area contributed by atoms with Crippen LogP contribution in [0, 0.1) is 10.1 Å². The number of hydrogen-bond acceptors (Lipinski definition) is 4. The van der Waals surface area contributed by atoms with Crippen molar-refractivity contribution in [2.75, 3.05) is 5.32 Å². The van der Waals surface area contributed by atoms with Crippen LogP contribution in [0.3, 0.4) is 0 Å². The summed E-state index contributed by atoms with van der Waals surface area (Å²) < 4.78 is 1.77. The third-order valence-electron chi connectivity index (χ3n) is 3.03. The fourth-order valence-corrected chi connectivity index (χ4v) is 1.99. The van der Waals surface area contributed by atoms with E-state index < -0.39 is 10.8 Å². The van der Waals surface area contributed by atoms with Crippen molar-refractivity contribution >= 4 is 22.8 Å². The number of hydrogen-bond donors (Lipinski definition) is 1. The Bertz CT molecular complexity index is 841. The van der Waals surface area contributed by atoms with Gasteiger partial charge in [-0.05, 0) is 18.2 Å². The summed E-state index contributed by atoms with van der Waals surface area (Å²) in [6.45, 7) is 0. The molecule has 2 heterocycles. The lowest BCUT2D eigenvalue weighted by atomic mass is 10.2. The number of fused-ring (bicyclic) bond motifs is 1. The molecular weight excluding hydrogens is 272 g/mol. The number of aromatic nitrogens is 2. The molecule has 21 heavy (non-hydrogen) atoms. The molecule has 0 unspecified atom stereocenters. The minimum absolute atomic E-state index is 0.142. The van der Waals surface area contributed by atoms with Crippen molar-refractivity contribution in [2.24, 2.45) is 0 Å². The summed E-state index contributed by atoms with van der Waals surface area (Å²) in [6.07, 6.45) is 4.96. The number of carbonyl (C=O) groups is 1. The number of rotatable bonds is 3. The number of imidazole rings is 1. The molecule has 0 atom stereocenters. The Balaban J connectivity index is 1.91. The number of nitrogens with zero attached hydrogens (tertiary/aromatic N) is 3. The predicted molar refractivity (Wildman–Crippen MR) is 76.2 cm³/mol. The Labute approximate surface area is 119 Å². The SMILES string of the molecule is O=C(Nc1ccccc1[N+](=O)[O-])c1ccn2cncc2c1. The van der Waals surface area contributed by atoms with E-state index in [0.29, 0.717) is 5.56 Å². The molecule has 1 N–H and O–H groups in total. The fraction of sp³-hybridized carbons (Fsp3) is 0. The largest absolute Gasteiger partial charge is 0.316 e. The third-order valence-corrected chi connectivity index (χ3v) is 3.03. The first-order chi connectivity index (χ1) is 10.1. The topological polar surface area (TPSA) is 89.5 Å². The van der Waals surface area contributed by atoms with Crippen molar-refractivity contribution in [2.45, 2.75) is 0 Å². The van der Waals surface area contributed by atoms with E-state index in [9.17, 15) is 14.9 Å². The molecule has 0 spiro atoms. The molecular formula is C14H10N4O3. The molecule has 0 fully saturated rings. The second-order valence-corrected chi connectivity index (χ2v) is 4.37. The maximum Gasteiger partial charge on any atom is 0.292 e. The van der Waals surface area contributed by atoms with Crippen LogP contribution < -0.4 is 5.32 Å². The maximum atomic E-state index is 12.2. The van der Waals surface area contributed by atoms with E-state index in [0.717, 1.165) is 5.52 Å². The number of benzene rings is 1. The molecule has 104 valence electrons. The maximum absolute atomic E-state index is 12.2. The van der Waals surface area contributed by atoms with Crippen LogP contribution >= 0.6 is 0 Å². The number of nitro benzene ring substituents is 1. The second-order valence-electron chi connectivity index (χ2n) is 4.37. The number of amides is 1. The van der Waals surface area contributed by atoms with E-state index in [1.807, 2.05) is 0 Å². The Morgan fingerprint density at radius 3 is 2.90 bits per heavy atom. The van der Waals surface area contributed by atoms with Gasteiger partial charge < -0.3 is 9.72 Å². The zero-order valence-corrected chi connectivity index (χ0v) is 10.8. The molecule has 0 saturated heterocycles. The van der Waals surface area contributed by atoms with Gasteiger partial charge in [0.2, 0.25) is 0 Å². The van der Waals surface area contributed by atoms with Crippen LogP contribution in [0.1, 0.15) is 10.4 Å². The van der Waals surface area contributed by atoms with E-state index in [1.54, 1.807) is 47.4 Å². The van der Waals surface area contributed by atoms with Crippen molar-refractivity contribution in [1.29, 1.82) is 0 Å². The van der Waals surface area contributed by atoms with E-state index in [1.165, 1.54) is 12.1 Å². The molecule has 1 amide bonds. The lowest BCUT2D eigenvalue weighted by Gasteiger charge is -2.06. The summed E-state index contributed by atoms with van der Waals surface area (Å²) in [6, 6.07) is 9.30. The van der Waals surface area contributed by atoms with E-state index in [2.05, 4.69) is 10.3 Å². The number of nitro groups is 1. The number of nitrogens with one attached hydrogen (secondary N) is 1. The molecule has 0 bridgehead atoms. The van der Waals surface area contributed by atoms with Crippen molar-refractivity contribution in [1.82, 2.24) is 9.38 Å². The standard InChI is InChI=1S/C14H10N4O3/c19-14(10-5-6-17-9-15-8-11(17)7-10)16-12-3-1-2-4-13(12)18(20)21/h1-9H,(H,16,19). The highest BCUT2D eigenvalue weighted by atomic mass is 16.6. The van der Waals surface area contributed by atoms with Crippen LogP contribution in [-0.2, 0) is 0 Å². The molecule has 3 aromatic rings. The third kappa shape index (κ3) is 2.44. The molecule has 0 aliphatic heterocycles. The summed E-state index contributed by atoms with van der Waals surface area (Å²) in [5.74, 6) is -0.409. The quantitative estimate of drug-likeness (QED) is 0.590. The van der Waals surface area contributed by atoms with Gasteiger partial charge in [-0.1, -0.05) is 12.1 Å². The number of carbonyl (C=O) groups excluding carboxylic acids is 1.